The first-order valence-electron chi connectivity index (χ1n) is 14.0. The molecule has 3 heterocycles. The standard InChI is InChI=1S/C33H26ClF4N3O4/c1-33(2)16-44-15-27(33)41-26-10-17(32(42)43)7-9-25(26)39-28(41)13-20-23(36)12-21(31(38)30(20)37)24-4-3-5-29(40-24)45-14-18-6-8-19(34)11-22(18)35/h3-12,27H,13-16H2,1-2H3,(H,42,43)/t27-/m1/s1. The zero-order chi connectivity index (χ0) is 32.0. The molecule has 0 unspecified atom stereocenters. The van der Waals surface area contributed by atoms with Gasteiger partial charge in [0.1, 0.15) is 24.1 Å². The molecule has 5 aromatic rings. The van der Waals surface area contributed by atoms with Crippen molar-refractivity contribution in [2.24, 2.45) is 5.41 Å². The molecule has 2 aromatic heterocycles. The number of ether oxygens (including phenoxy) is 2. The van der Waals surface area contributed by atoms with E-state index in [1.807, 2.05) is 13.8 Å². The van der Waals surface area contributed by atoms with Crippen LogP contribution in [-0.2, 0) is 17.8 Å². The fraction of sp³-hybridized carbons (Fsp3) is 0.242. The maximum absolute atomic E-state index is 15.7. The Bertz CT molecular complexity index is 1960. The summed E-state index contributed by atoms with van der Waals surface area (Å²) >= 11 is 5.78. The van der Waals surface area contributed by atoms with Gasteiger partial charge in [-0.2, -0.15) is 0 Å². The molecule has 6 rings (SSSR count). The van der Waals surface area contributed by atoms with E-state index in [1.165, 1.54) is 48.5 Å². The average Bonchev–Trinajstić information content (AvgIpc) is 3.53. The first-order chi connectivity index (χ1) is 21.4. The van der Waals surface area contributed by atoms with Crippen LogP contribution in [0.25, 0.3) is 22.3 Å². The van der Waals surface area contributed by atoms with Crippen LogP contribution in [0.2, 0.25) is 5.02 Å². The summed E-state index contributed by atoms with van der Waals surface area (Å²) in [6.07, 6.45) is -0.415. The van der Waals surface area contributed by atoms with Gasteiger partial charge < -0.3 is 19.1 Å². The van der Waals surface area contributed by atoms with Crippen LogP contribution in [0.3, 0.4) is 0 Å². The topological polar surface area (TPSA) is 86.5 Å². The molecule has 1 aliphatic rings. The van der Waals surface area contributed by atoms with Crippen LogP contribution >= 0.6 is 11.6 Å². The van der Waals surface area contributed by atoms with Gasteiger partial charge in [0.15, 0.2) is 11.6 Å². The maximum Gasteiger partial charge on any atom is 0.335 e. The molecule has 12 heteroatoms. The number of nitrogens with zero attached hydrogens (tertiary/aromatic N) is 3. The van der Waals surface area contributed by atoms with Crippen LogP contribution in [0.5, 0.6) is 5.88 Å². The minimum atomic E-state index is -1.41. The molecule has 0 bridgehead atoms. The van der Waals surface area contributed by atoms with Gasteiger partial charge in [-0.15, -0.1) is 0 Å². The lowest BCUT2D eigenvalue weighted by molar-refractivity contribution is 0.0697. The maximum atomic E-state index is 15.7. The van der Waals surface area contributed by atoms with E-state index in [1.54, 1.807) is 4.57 Å². The van der Waals surface area contributed by atoms with Crippen LogP contribution in [0.4, 0.5) is 17.6 Å². The summed E-state index contributed by atoms with van der Waals surface area (Å²) in [7, 11) is 0. The first kappa shape index (κ1) is 30.5. The summed E-state index contributed by atoms with van der Waals surface area (Å²) in [6, 6.07) is 13.3. The molecule has 0 radical (unpaired) electrons. The second-order valence-corrected chi connectivity index (χ2v) is 11.9. The van der Waals surface area contributed by atoms with Gasteiger partial charge in [0.05, 0.1) is 41.5 Å². The third-order valence-electron chi connectivity index (χ3n) is 7.95. The molecule has 1 atom stereocenters. The molecule has 232 valence electrons. The molecule has 1 fully saturated rings. The zero-order valence-electron chi connectivity index (χ0n) is 24.1. The summed E-state index contributed by atoms with van der Waals surface area (Å²) in [4.78, 5) is 20.4. The predicted molar refractivity (Wildman–Crippen MR) is 158 cm³/mol. The van der Waals surface area contributed by atoms with Crippen LogP contribution in [0, 0.1) is 28.7 Å². The molecule has 3 aromatic carbocycles. The first-order valence-corrected chi connectivity index (χ1v) is 14.3. The van der Waals surface area contributed by atoms with Crippen molar-refractivity contribution in [1.82, 2.24) is 14.5 Å². The highest BCUT2D eigenvalue weighted by Gasteiger charge is 2.39. The number of imidazole rings is 1. The Morgan fingerprint density at radius 2 is 1.84 bits per heavy atom. The molecular weight excluding hydrogens is 614 g/mol. The van der Waals surface area contributed by atoms with E-state index < -0.39 is 52.2 Å². The summed E-state index contributed by atoms with van der Waals surface area (Å²) in [6.45, 7) is 4.41. The van der Waals surface area contributed by atoms with Crippen molar-refractivity contribution in [3.8, 4) is 17.1 Å². The van der Waals surface area contributed by atoms with E-state index in [9.17, 15) is 14.3 Å². The number of carboxylic acid groups (broad SMARTS) is 1. The number of aromatic carboxylic acids is 1. The van der Waals surface area contributed by atoms with Crippen molar-refractivity contribution >= 4 is 28.6 Å². The van der Waals surface area contributed by atoms with Gasteiger partial charge >= 0.3 is 5.97 Å². The number of carboxylic acids is 1. The zero-order valence-corrected chi connectivity index (χ0v) is 24.8. The largest absolute Gasteiger partial charge is 0.478 e. The van der Waals surface area contributed by atoms with Crippen molar-refractivity contribution in [3.63, 3.8) is 0 Å². The second kappa shape index (κ2) is 11.8. The molecule has 0 saturated carbocycles. The quantitative estimate of drug-likeness (QED) is 0.138. The van der Waals surface area contributed by atoms with Gasteiger partial charge in [0, 0.05) is 39.6 Å². The highest BCUT2D eigenvalue weighted by Crippen LogP contribution is 2.41. The fourth-order valence-corrected chi connectivity index (χ4v) is 5.66. The van der Waals surface area contributed by atoms with Crippen molar-refractivity contribution in [2.45, 2.75) is 32.9 Å². The van der Waals surface area contributed by atoms with Gasteiger partial charge in [-0.1, -0.05) is 37.6 Å². The molecule has 1 aliphatic heterocycles. The van der Waals surface area contributed by atoms with Crippen LogP contribution in [0.15, 0.2) is 60.7 Å². The number of hydrogen-bond acceptors (Lipinski definition) is 5. The fourth-order valence-electron chi connectivity index (χ4n) is 5.50. The van der Waals surface area contributed by atoms with E-state index in [2.05, 4.69) is 9.97 Å². The number of rotatable bonds is 8. The highest BCUT2D eigenvalue weighted by molar-refractivity contribution is 6.30. The lowest BCUT2D eigenvalue weighted by Gasteiger charge is -2.28. The Kier molecular flexibility index (Phi) is 8.00. The molecule has 7 nitrogen and oxygen atoms in total. The normalized spacial score (nSPS) is 15.9. The van der Waals surface area contributed by atoms with Gasteiger partial charge in [-0.05, 0) is 42.5 Å². The van der Waals surface area contributed by atoms with Gasteiger partial charge in [-0.3, -0.25) is 0 Å². The third-order valence-corrected chi connectivity index (χ3v) is 8.19. The minimum Gasteiger partial charge on any atom is -0.478 e. The van der Waals surface area contributed by atoms with E-state index >= 15 is 13.2 Å². The molecule has 0 spiro atoms. The van der Waals surface area contributed by atoms with Crippen LogP contribution < -0.4 is 4.74 Å². The lowest BCUT2D eigenvalue weighted by Crippen LogP contribution is -2.27. The van der Waals surface area contributed by atoms with E-state index in [-0.39, 0.29) is 52.8 Å². The van der Waals surface area contributed by atoms with Gasteiger partial charge in [0.2, 0.25) is 5.88 Å². The number of halogens is 5. The molecule has 0 aliphatic carbocycles. The van der Waals surface area contributed by atoms with Crippen molar-refractivity contribution in [3.05, 3.63) is 111 Å². The van der Waals surface area contributed by atoms with Crippen LogP contribution in [-0.4, -0.2) is 38.8 Å². The summed E-state index contributed by atoms with van der Waals surface area (Å²) in [5.41, 5.74) is -0.361. The Balaban J connectivity index is 1.35. The molecule has 45 heavy (non-hydrogen) atoms. The molecule has 1 N–H and O–H groups in total. The highest BCUT2D eigenvalue weighted by atomic mass is 35.5. The third kappa shape index (κ3) is 5.85. The van der Waals surface area contributed by atoms with E-state index in [0.29, 0.717) is 17.6 Å². The van der Waals surface area contributed by atoms with E-state index in [0.717, 1.165) is 12.1 Å². The average molecular weight is 640 g/mol. The Labute approximate surface area is 260 Å². The number of hydrogen-bond donors (Lipinski definition) is 1. The van der Waals surface area contributed by atoms with Gasteiger partial charge in [0.25, 0.3) is 0 Å². The second-order valence-electron chi connectivity index (χ2n) is 11.5. The molecular formula is C33H26ClF4N3O4. The summed E-state index contributed by atoms with van der Waals surface area (Å²) in [5, 5.41) is 9.78. The SMILES string of the molecule is CC1(C)COC[C@H]1n1c(Cc2c(F)cc(-c3cccc(OCc4ccc(Cl)cc4F)n3)c(F)c2F)nc2ccc(C(=O)O)cc21. The Hall–Kier alpha value is -4.48. The Morgan fingerprint density at radius 1 is 1.04 bits per heavy atom. The van der Waals surface area contributed by atoms with Crippen LogP contribution in [0.1, 0.15) is 47.2 Å². The summed E-state index contributed by atoms with van der Waals surface area (Å²) < 4.78 is 74.0. The summed E-state index contributed by atoms with van der Waals surface area (Å²) in [5.74, 6) is -5.25. The van der Waals surface area contributed by atoms with Crippen molar-refractivity contribution in [2.75, 3.05) is 13.2 Å². The smallest absolute Gasteiger partial charge is 0.335 e. The van der Waals surface area contributed by atoms with Crippen molar-refractivity contribution in [1.29, 1.82) is 0 Å². The molecule has 1 saturated heterocycles. The van der Waals surface area contributed by atoms with Gasteiger partial charge in [-0.25, -0.2) is 32.3 Å². The minimum absolute atomic E-state index is 0.0120. The number of carbonyl (C=O) groups is 1. The lowest BCUT2D eigenvalue weighted by atomic mass is 9.87. The number of benzene rings is 3. The van der Waals surface area contributed by atoms with E-state index in [4.69, 9.17) is 21.1 Å². The van der Waals surface area contributed by atoms with Crippen molar-refractivity contribution < 1.29 is 36.9 Å². The number of fused-ring (bicyclic) bond motifs is 1. The number of aromatic nitrogens is 3. The molecule has 0 amide bonds. The monoisotopic (exact) mass is 639 g/mol. The predicted octanol–water partition coefficient (Wildman–Crippen LogP) is 7.77. The number of pyridine rings is 1. The Morgan fingerprint density at radius 3 is 2.56 bits per heavy atom.